The largest absolute Gasteiger partial charge is 0.488 e. The number of nitrogens with two attached hydrogens (primary N) is 1. The van der Waals surface area contributed by atoms with Gasteiger partial charge in [0, 0.05) is 35.7 Å². The van der Waals surface area contributed by atoms with Gasteiger partial charge in [-0.05, 0) is 44.6 Å². The van der Waals surface area contributed by atoms with E-state index in [1.165, 1.54) is 12.8 Å². The number of likely N-dealkylation sites (tertiary alicyclic amines) is 1. The molecule has 9 nitrogen and oxygen atoms in total. The van der Waals surface area contributed by atoms with Gasteiger partial charge < -0.3 is 25.2 Å². The summed E-state index contributed by atoms with van der Waals surface area (Å²) in [6, 6.07) is 1.91. The molecule has 2 aliphatic heterocycles. The summed E-state index contributed by atoms with van der Waals surface area (Å²) in [5.41, 5.74) is 2.42. The molecule has 0 atom stereocenters. The molecule has 1 aromatic rings. The highest BCUT2D eigenvalue weighted by Crippen LogP contribution is 2.48. The molecule has 6 rings (SSSR count). The molecule has 2 saturated heterocycles. The fraction of sp³-hybridized carbons (Fsp3) is 0.654. The van der Waals surface area contributed by atoms with Gasteiger partial charge in [0.05, 0.1) is 44.7 Å². The maximum atomic E-state index is 9.56. The van der Waals surface area contributed by atoms with Crippen molar-refractivity contribution in [1.82, 2.24) is 9.88 Å². The van der Waals surface area contributed by atoms with Crippen LogP contribution < -0.4 is 10.6 Å². The minimum Gasteiger partial charge on any atom is -0.488 e. The van der Waals surface area contributed by atoms with Crippen molar-refractivity contribution in [2.24, 2.45) is 26.8 Å². The number of hydrogen-bond donors (Lipinski definition) is 2. The number of aromatic nitrogens is 1. The highest BCUT2D eigenvalue weighted by Gasteiger charge is 2.51. The molecule has 186 valence electrons. The topological polar surface area (TPSA) is 115 Å². The standard InChI is InChI=1S/C26H33N5O4/c27-30-21(12-28-13-23-33-16-25(5-6-25)17-34-23)24-22(35-20-3-4-20)8-18(11-29-24)2-1-7-31-14-26(15-31)9-19(32)10-26/h8,11-12,19-20,23,32H,3-7,9-10,13-17,27H2/b28-12?,30-21+. The average molecular weight is 480 g/mol. The van der Waals surface area contributed by atoms with Gasteiger partial charge in [0.25, 0.3) is 0 Å². The number of hydrogen-bond acceptors (Lipinski definition) is 9. The van der Waals surface area contributed by atoms with Crippen LogP contribution in [0.15, 0.2) is 22.4 Å². The first kappa shape index (κ1) is 22.9. The molecule has 2 spiro atoms. The van der Waals surface area contributed by atoms with Crippen molar-refractivity contribution in [3.63, 3.8) is 0 Å². The maximum absolute atomic E-state index is 9.56. The van der Waals surface area contributed by atoms with Crippen molar-refractivity contribution in [3.05, 3.63) is 23.5 Å². The van der Waals surface area contributed by atoms with Crippen LogP contribution in [-0.4, -0.2) is 84.8 Å². The monoisotopic (exact) mass is 479 g/mol. The van der Waals surface area contributed by atoms with Gasteiger partial charge in [-0.3, -0.25) is 9.89 Å². The highest BCUT2D eigenvalue weighted by molar-refractivity contribution is 6.38. The van der Waals surface area contributed by atoms with Crippen LogP contribution in [0, 0.1) is 22.7 Å². The molecule has 5 fully saturated rings. The summed E-state index contributed by atoms with van der Waals surface area (Å²) in [6.45, 7) is 4.65. The SMILES string of the molecule is N/N=C(\C=NCC1OCC2(CC2)CO1)c1ncc(C#CCN2CC3(CC(O)C3)C2)cc1OC1CC1. The molecule has 0 radical (unpaired) electrons. The molecule has 0 bridgehead atoms. The van der Waals surface area contributed by atoms with Gasteiger partial charge >= 0.3 is 0 Å². The average Bonchev–Trinajstić information content (AvgIpc) is 3.75. The quantitative estimate of drug-likeness (QED) is 0.262. The molecule has 3 N–H and O–H groups in total. The first-order valence-corrected chi connectivity index (χ1v) is 12.6. The third-order valence-corrected chi connectivity index (χ3v) is 7.62. The number of nitrogens with zero attached hydrogens (tertiary/aromatic N) is 4. The van der Waals surface area contributed by atoms with Crippen molar-refractivity contribution >= 4 is 11.9 Å². The van der Waals surface area contributed by atoms with E-state index >= 15 is 0 Å². The Bertz CT molecular complexity index is 1060. The van der Waals surface area contributed by atoms with E-state index in [2.05, 4.69) is 31.8 Å². The lowest BCUT2D eigenvalue weighted by molar-refractivity contribution is -0.201. The van der Waals surface area contributed by atoms with Crippen LogP contribution in [0.1, 0.15) is 49.8 Å². The van der Waals surface area contributed by atoms with Crippen molar-refractivity contribution in [1.29, 1.82) is 0 Å². The molecule has 35 heavy (non-hydrogen) atoms. The first-order valence-electron chi connectivity index (χ1n) is 12.6. The van der Waals surface area contributed by atoms with E-state index in [0.717, 1.165) is 57.6 Å². The zero-order chi connectivity index (χ0) is 23.9. The lowest BCUT2D eigenvalue weighted by Crippen LogP contribution is -2.63. The minimum absolute atomic E-state index is 0.103. The fourth-order valence-electron chi connectivity index (χ4n) is 5.21. The fourth-order valence-corrected chi connectivity index (χ4v) is 5.21. The molecule has 0 amide bonds. The van der Waals surface area contributed by atoms with E-state index in [9.17, 15) is 5.11 Å². The van der Waals surface area contributed by atoms with Gasteiger partial charge in [0.1, 0.15) is 17.2 Å². The van der Waals surface area contributed by atoms with E-state index in [0.29, 0.717) is 35.7 Å². The van der Waals surface area contributed by atoms with E-state index in [1.807, 2.05) is 6.07 Å². The predicted molar refractivity (Wildman–Crippen MR) is 130 cm³/mol. The van der Waals surface area contributed by atoms with Crippen molar-refractivity contribution in [3.8, 4) is 17.6 Å². The predicted octanol–water partition coefficient (Wildman–Crippen LogP) is 1.32. The van der Waals surface area contributed by atoms with Gasteiger partial charge in [-0.1, -0.05) is 11.8 Å². The Morgan fingerprint density at radius 1 is 1.26 bits per heavy atom. The summed E-state index contributed by atoms with van der Waals surface area (Å²) in [5.74, 6) is 12.8. The molecule has 3 heterocycles. The Morgan fingerprint density at radius 2 is 2.03 bits per heavy atom. The lowest BCUT2D eigenvalue weighted by atomic mass is 9.62. The summed E-state index contributed by atoms with van der Waals surface area (Å²) < 4.78 is 17.7. The second-order valence-electron chi connectivity index (χ2n) is 11.0. The summed E-state index contributed by atoms with van der Waals surface area (Å²) >= 11 is 0. The Hall–Kier alpha value is -2.51. The smallest absolute Gasteiger partial charge is 0.176 e. The molecule has 5 aliphatic rings. The number of ether oxygens (including phenoxy) is 3. The second kappa shape index (κ2) is 9.17. The molecule has 3 saturated carbocycles. The van der Waals surface area contributed by atoms with Gasteiger partial charge in [0.2, 0.25) is 0 Å². The lowest BCUT2D eigenvalue weighted by Gasteiger charge is -2.57. The van der Waals surface area contributed by atoms with Crippen LogP contribution >= 0.6 is 0 Å². The zero-order valence-corrected chi connectivity index (χ0v) is 20.0. The van der Waals surface area contributed by atoms with E-state index < -0.39 is 0 Å². The van der Waals surface area contributed by atoms with Crippen LogP contribution in [0.4, 0.5) is 0 Å². The summed E-state index contributed by atoms with van der Waals surface area (Å²) in [4.78, 5) is 11.3. The summed E-state index contributed by atoms with van der Waals surface area (Å²) in [7, 11) is 0. The van der Waals surface area contributed by atoms with Gasteiger partial charge in [-0.2, -0.15) is 5.10 Å². The zero-order valence-electron chi connectivity index (χ0n) is 20.0. The maximum Gasteiger partial charge on any atom is 0.176 e. The summed E-state index contributed by atoms with van der Waals surface area (Å²) in [5, 5.41) is 13.5. The number of hydrazone groups is 1. The van der Waals surface area contributed by atoms with E-state index in [1.54, 1.807) is 12.4 Å². The van der Waals surface area contributed by atoms with Crippen LogP contribution in [0.2, 0.25) is 0 Å². The van der Waals surface area contributed by atoms with E-state index in [-0.39, 0.29) is 23.9 Å². The van der Waals surface area contributed by atoms with Crippen LogP contribution in [-0.2, 0) is 9.47 Å². The van der Waals surface area contributed by atoms with Crippen LogP contribution in [0.5, 0.6) is 5.75 Å². The Kier molecular flexibility index (Phi) is 6.01. The second-order valence-corrected chi connectivity index (χ2v) is 11.0. The number of aliphatic imine (C=N–C) groups is 1. The highest BCUT2D eigenvalue weighted by atomic mass is 16.7. The Balaban J connectivity index is 1.07. The number of aliphatic hydroxyl groups excluding tert-OH is 1. The molecule has 1 aromatic heterocycles. The number of aliphatic hydroxyl groups is 1. The summed E-state index contributed by atoms with van der Waals surface area (Å²) in [6.07, 6.45) is 9.39. The normalized spacial score (nSPS) is 25.8. The molecular formula is C26H33N5O4. The van der Waals surface area contributed by atoms with Crippen molar-refractivity contribution in [2.75, 3.05) is 39.4 Å². The number of pyridine rings is 1. The minimum atomic E-state index is -0.333. The van der Waals surface area contributed by atoms with E-state index in [4.69, 9.17) is 20.1 Å². The molecular weight excluding hydrogens is 446 g/mol. The molecule has 9 heteroatoms. The van der Waals surface area contributed by atoms with Crippen LogP contribution in [0.25, 0.3) is 0 Å². The van der Waals surface area contributed by atoms with Gasteiger partial charge in [-0.25, -0.2) is 4.98 Å². The molecule has 3 aliphatic carbocycles. The first-order chi connectivity index (χ1) is 17.0. The van der Waals surface area contributed by atoms with Gasteiger partial charge in [-0.15, -0.1) is 0 Å². The van der Waals surface area contributed by atoms with Crippen molar-refractivity contribution in [2.45, 2.75) is 57.0 Å². The van der Waals surface area contributed by atoms with Crippen molar-refractivity contribution < 1.29 is 19.3 Å². The molecule has 0 unspecified atom stereocenters. The van der Waals surface area contributed by atoms with Gasteiger partial charge in [0.15, 0.2) is 6.29 Å². The third kappa shape index (κ3) is 5.21. The Morgan fingerprint density at radius 3 is 2.69 bits per heavy atom. The number of rotatable bonds is 7. The Labute approximate surface area is 205 Å². The molecule has 0 aromatic carbocycles. The van der Waals surface area contributed by atoms with Crippen LogP contribution in [0.3, 0.4) is 0 Å². The third-order valence-electron chi connectivity index (χ3n) is 7.62.